The molecule has 0 unspecified atom stereocenters. The Labute approximate surface area is 113 Å². The molecule has 1 heterocycles. The van der Waals surface area contributed by atoms with Crippen molar-refractivity contribution in [3.05, 3.63) is 70.8 Å². The van der Waals surface area contributed by atoms with Gasteiger partial charge in [-0.1, -0.05) is 30.3 Å². The molecule has 2 nitrogen and oxygen atoms in total. The van der Waals surface area contributed by atoms with Gasteiger partial charge >= 0.3 is 0 Å². The fourth-order valence-corrected chi connectivity index (χ4v) is 3.82. The van der Waals surface area contributed by atoms with Crippen molar-refractivity contribution in [2.24, 2.45) is 4.99 Å². The van der Waals surface area contributed by atoms with Crippen LogP contribution in [0.5, 0.6) is 0 Å². The molecule has 88 valence electrons. The van der Waals surface area contributed by atoms with E-state index in [0.717, 1.165) is 21.2 Å². The zero-order valence-corrected chi connectivity index (χ0v) is 11.0. The summed E-state index contributed by atoms with van der Waals surface area (Å²) in [5, 5.41) is 1.97. The molecule has 18 heavy (non-hydrogen) atoms. The second-order valence-corrected chi connectivity index (χ2v) is 5.89. The molecule has 0 radical (unpaired) electrons. The van der Waals surface area contributed by atoms with Gasteiger partial charge in [0.05, 0.1) is 0 Å². The molecule has 0 aromatic heterocycles. The predicted octanol–water partition coefficient (Wildman–Crippen LogP) is 3.73. The third-order valence-electron chi connectivity index (χ3n) is 2.52. The van der Waals surface area contributed by atoms with Gasteiger partial charge in [0, 0.05) is 11.1 Å². The number of hydrogen-bond donors (Lipinski definition) is 0. The molecular formula is C14H9NOS2. The quantitative estimate of drug-likeness (QED) is 0.729. The van der Waals surface area contributed by atoms with Crippen molar-refractivity contribution >= 4 is 32.4 Å². The monoisotopic (exact) mass is 271 g/mol. The lowest BCUT2D eigenvalue weighted by Gasteiger charge is -2.00. The summed E-state index contributed by atoms with van der Waals surface area (Å²) in [4.78, 5) is 15.7. The largest absolute Gasteiger partial charge is 0.290 e. The lowest BCUT2D eigenvalue weighted by atomic mass is 10.1. The highest BCUT2D eigenvalue weighted by Gasteiger charge is 2.17. The van der Waals surface area contributed by atoms with E-state index in [4.69, 9.17) is 0 Å². The Morgan fingerprint density at radius 3 is 2.33 bits per heavy atom. The fourth-order valence-electron chi connectivity index (χ4n) is 1.61. The van der Waals surface area contributed by atoms with E-state index in [0.29, 0.717) is 0 Å². The SMILES string of the molecule is O=C1C=CC(=C2N=C(c3ccccc3)SS2)C=C1. The van der Waals surface area contributed by atoms with E-state index >= 15 is 0 Å². The molecule has 2 aliphatic rings. The Balaban J connectivity index is 1.93. The van der Waals surface area contributed by atoms with Crippen LogP contribution in [0, 0.1) is 0 Å². The van der Waals surface area contributed by atoms with Crippen LogP contribution in [0.2, 0.25) is 0 Å². The summed E-state index contributed by atoms with van der Waals surface area (Å²) in [7, 11) is 3.29. The molecule has 3 rings (SSSR count). The van der Waals surface area contributed by atoms with Crippen molar-refractivity contribution in [2.75, 3.05) is 0 Å². The topological polar surface area (TPSA) is 29.4 Å². The Kier molecular flexibility index (Phi) is 3.21. The van der Waals surface area contributed by atoms with Crippen molar-refractivity contribution in [1.82, 2.24) is 0 Å². The number of carbonyl (C=O) groups is 1. The Hall–Kier alpha value is -1.52. The molecule has 0 saturated heterocycles. The van der Waals surface area contributed by atoms with E-state index in [2.05, 4.69) is 17.1 Å². The first-order chi connectivity index (χ1) is 8.83. The molecule has 0 N–H and O–H groups in total. The summed E-state index contributed by atoms with van der Waals surface area (Å²) in [6, 6.07) is 10.1. The maximum absolute atomic E-state index is 11.1. The minimum Gasteiger partial charge on any atom is -0.290 e. The minimum absolute atomic E-state index is 0.0299. The van der Waals surface area contributed by atoms with Crippen LogP contribution in [0.15, 0.2) is 70.2 Å². The first-order valence-corrected chi connectivity index (χ1v) is 7.61. The highest BCUT2D eigenvalue weighted by molar-refractivity contribution is 8.84. The van der Waals surface area contributed by atoms with E-state index in [1.54, 1.807) is 33.7 Å². The number of carbonyl (C=O) groups excluding carboxylic acids is 1. The van der Waals surface area contributed by atoms with Crippen LogP contribution in [0.4, 0.5) is 0 Å². The maximum atomic E-state index is 11.1. The van der Waals surface area contributed by atoms with Gasteiger partial charge in [0.25, 0.3) is 0 Å². The molecular weight excluding hydrogens is 262 g/mol. The zero-order chi connectivity index (χ0) is 12.4. The van der Waals surface area contributed by atoms with Gasteiger partial charge in [-0.25, -0.2) is 4.99 Å². The van der Waals surface area contributed by atoms with Crippen LogP contribution in [-0.2, 0) is 4.79 Å². The first-order valence-electron chi connectivity index (χ1n) is 5.46. The van der Waals surface area contributed by atoms with Gasteiger partial charge in [-0.3, -0.25) is 4.79 Å². The maximum Gasteiger partial charge on any atom is 0.178 e. The number of benzene rings is 1. The summed E-state index contributed by atoms with van der Waals surface area (Å²) < 4.78 is 0. The molecule has 0 saturated carbocycles. The smallest absolute Gasteiger partial charge is 0.178 e. The first kappa shape index (κ1) is 11.6. The van der Waals surface area contributed by atoms with E-state index < -0.39 is 0 Å². The van der Waals surface area contributed by atoms with Crippen molar-refractivity contribution in [1.29, 1.82) is 0 Å². The molecule has 0 atom stereocenters. The van der Waals surface area contributed by atoms with Gasteiger partial charge in [-0.2, -0.15) is 0 Å². The second-order valence-electron chi connectivity index (χ2n) is 3.78. The van der Waals surface area contributed by atoms with Gasteiger partial charge < -0.3 is 0 Å². The van der Waals surface area contributed by atoms with Crippen LogP contribution >= 0.6 is 21.6 Å². The lowest BCUT2D eigenvalue weighted by molar-refractivity contribution is -0.110. The van der Waals surface area contributed by atoms with Crippen molar-refractivity contribution in [3.8, 4) is 0 Å². The van der Waals surface area contributed by atoms with Crippen LogP contribution in [0.3, 0.4) is 0 Å². The summed E-state index contributed by atoms with van der Waals surface area (Å²) in [5.74, 6) is 0.0299. The number of allylic oxidation sites excluding steroid dienone is 5. The number of hydrogen-bond acceptors (Lipinski definition) is 4. The second kappa shape index (κ2) is 5.00. The van der Waals surface area contributed by atoms with E-state index in [-0.39, 0.29) is 5.78 Å². The number of rotatable bonds is 1. The van der Waals surface area contributed by atoms with Crippen LogP contribution < -0.4 is 0 Å². The lowest BCUT2D eigenvalue weighted by Crippen LogP contribution is -1.93. The summed E-state index contributed by atoms with van der Waals surface area (Å²) in [5.41, 5.74) is 2.13. The normalized spacial score (nSPS) is 18.4. The van der Waals surface area contributed by atoms with Crippen LogP contribution in [0.25, 0.3) is 0 Å². The predicted molar refractivity (Wildman–Crippen MR) is 78.5 cm³/mol. The summed E-state index contributed by atoms with van der Waals surface area (Å²) in [6.07, 6.45) is 6.79. The van der Waals surface area contributed by atoms with E-state index in [9.17, 15) is 4.79 Å². The highest BCUT2D eigenvalue weighted by Crippen LogP contribution is 2.43. The molecule has 0 bridgehead atoms. The van der Waals surface area contributed by atoms with Crippen molar-refractivity contribution < 1.29 is 4.79 Å². The third kappa shape index (κ3) is 2.35. The number of aliphatic imine (C=N–C) groups is 1. The number of ketones is 1. The molecule has 1 aliphatic heterocycles. The van der Waals surface area contributed by atoms with Gasteiger partial charge in [0.15, 0.2) is 5.78 Å². The van der Waals surface area contributed by atoms with E-state index in [1.165, 1.54) is 0 Å². The van der Waals surface area contributed by atoms with Crippen molar-refractivity contribution in [3.63, 3.8) is 0 Å². The van der Waals surface area contributed by atoms with Gasteiger partial charge in [-0.05, 0) is 45.9 Å². The molecule has 1 aromatic carbocycles. The van der Waals surface area contributed by atoms with Gasteiger partial charge in [0.1, 0.15) is 10.1 Å². The molecule has 0 amide bonds. The Bertz CT molecular complexity index is 594. The average molecular weight is 271 g/mol. The number of nitrogens with zero attached hydrogens (tertiary/aromatic N) is 1. The average Bonchev–Trinajstić information content (AvgIpc) is 2.90. The highest BCUT2D eigenvalue weighted by atomic mass is 33.1. The zero-order valence-electron chi connectivity index (χ0n) is 9.37. The molecule has 0 fully saturated rings. The molecule has 1 aliphatic carbocycles. The minimum atomic E-state index is 0.0299. The van der Waals surface area contributed by atoms with Crippen LogP contribution in [-0.4, -0.2) is 10.8 Å². The third-order valence-corrected chi connectivity index (χ3v) is 4.77. The van der Waals surface area contributed by atoms with Gasteiger partial charge in [0.2, 0.25) is 0 Å². The molecule has 1 aromatic rings. The standard InChI is InChI=1S/C14H9NOS2/c16-12-8-6-11(7-9-12)14-15-13(17-18-14)10-4-2-1-3-5-10/h1-9H. The van der Waals surface area contributed by atoms with E-state index in [1.807, 2.05) is 30.4 Å². The fraction of sp³-hybridized carbons (Fsp3) is 0. The van der Waals surface area contributed by atoms with Crippen molar-refractivity contribution in [2.45, 2.75) is 0 Å². The summed E-state index contributed by atoms with van der Waals surface area (Å²) in [6.45, 7) is 0. The van der Waals surface area contributed by atoms with Crippen LogP contribution in [0.1, 0.15) is 5.56 Å². The Morgan fingerprint density at radius 2 is 1.61 bits per heavy atom. The summed E-state index contributed by atoms with van der Waals surface area (Å²) >= 11 is 0. The Morgan fingerprint density at radius 1 is 0.889 bits per heavy atom. The molecule has 4 heteroatoms. The molecule has 0 spiro atoms. The van der Waals surface area contributed by atoms with Gasteiger partial charge in [-0.15, -0.1) is 0 Å².